The quantitative estimate of drug-likeness (QED) is 0.610. The number of fused-ring (bicyclic) bond motifs is 1. The van der Waals surface area contributed by atoms with Crippen molar-refractivity contribution in [1.29, 1.82) is 0 Å². The monoisotopic (exact) mass is 384 g/mol. The van der Waals surface area contributed by atoms with Crippen molar-refractivity contribution >= 4 is 11.2 Å². The molecule has 0 spiro atoms. The van der Waals surface area contributed by atoms with Crippen molar-refractivity contribution in [2.75, 3.05) is 0 Å². The topological polar surface area (TPSA) is 79.6 Å². The van der Waals surface area contributed by atoms with E-state index in [4.69, 9.17) is 0 Å². The molecule has 1 aliphatic carbocycles. The van der Waals surface area contributed by atoms with Crippen LogP contribution in [-0.2, 0) is 26.7 Å². The first kappa shape index (κ1) is 18.7. The van der Waals surface area contributed by atoms with Crippen LogP contribution in [0.5, 0.6) is 0 Å². The van der Waals surface area contributed by atoms with Crippen LogP contribution >= 0.6 is 0 Å². The molecule has 0 aliphatic heterocycles. The highest BCUT2D eigenvalue weighted by Gasteiger charge is 2.19. The Morgan fingerprint density at radius 2 is 1.86 bits per heavy atom. The summed E-state index contributed by atoms with van der Waals surface area (Å²) in [6, 6.07) is 0. The third kappa shape index (κ3) is 3.68. The van der Waals surface area contributed by atoms with Gasteiger partial charge in [-0.1, -0.05) is 25.7 Å². The Balaban J connectivity index is 1.62. The van der Waals surface area contributed by atoms with Gasteiger partial charge in [-0.25, -0.2) is 14.8 Å². The molecule has 0 atom stereocenters. The van der Waals surface area contributed by atoms with Gasteiger partial charge in [-0.3, -0.25) is 13.9 Å². The van der Waals surface area contributed by atoms with Gasteiger partial charge in [0.15, 0.2) is 11.2 Å². The molecule has 3 aromatic heterocycles. The summed E-state index contributed by atoms with van der Waals surface area (Å²) < 4.78 is 6.77. The van der Waals surface area contributed by atoms with Crippen LogP contribution < -0.4 is 11.2 Å². The Hall–Kier alpha value is -2.64. The molecule has 0 unspecified atom stereocenters. The van der Waals surface area contributed by atoms with E-state index in [1.807, 2.05) is 15.3 Å². The summed E-state index contributed by atoms with van der Waals surface area (Å²) in [7, 11) is 1.69. The molecule has 3 heterocycles. The van der Waals surface area contributed by atoms with E-state index >= 15 is 0 Å². The van der Waals surface area contributed by atoms with Gasteiger partial charge >= 0.3 is 5.69 Å². The zero-order chi connectivity index (χ0) is 19.5. The van der Waals surface area contributed by atoms with Crippen LogP contribution in [-0.4, -0.2) is 28.2 Å². The van der Waals surface area contributed by atoms with E-state index in [1.165, 1.54) is 47.7 Å². The molecule has 3 aromatic rings. The highest BCUT2D eigenvalue weighted by atomic mass is 16.2. The molecule has 150 valence electrons. The summed E-state index contributed by atoms with van der Waals surface area (Å²) in [6.45, 7) is 1.90. The van der Waals surface area contributed by atoms with Crippen molar-refractivity contribution in [3.8, 4) is 0 Å². The van der Waals surface area contributed by atoms with Crippen LogP contribution in [0.1, 0.15) is 44.9 Å². The Morgan fingerprint density at radius 3 is 2.57 bits per heavy atom. The normalized spacial score (nSPS) is 15.9. The minimum Gasteiger partial charge on any atom is -0.337 e. The first-order valence-electron chi connectivity index (χ1n) is 10.3. The second-order valence-corrected chi connectivity index (χ2v) is 7.88. The molecule has 0 saturated heterocycles. The van der Waals surface area contributed by atoms with Crippen molar-refractivity contribution < 1.29 is 0 Å². The van der Waals surface area contributed by atoms with E-state index < -0.39 is 0 Å². The van der Waals surface area contributed by atoms with Gasteiger partial charge in [0.1, 0.15) is 0 Å². The van der Waals surface area contributed by atoms with Gasteiger partial charge in [0.2, 0.25) is 0 Å². The number of hydrogen-bond acceptors (Lipinski definition) is 4. The van der Waals surface area contributed by atoms with Gasteiger partial charge < -0.3 is 9.13 Å². The number of aromatic nitrogens is 6. The number of imidazole rings is 2. The van der Waals surface area contributed by atoms with E-state index in [-0.39, 0.29) is 11.2 Å². The van der Waals surface area contributed by atoms with Gasteiger partial charge in [0.05, 0.1) is 12.7 Å². The molecule has 0 radical (unpaired) electrons. The highest BCUT2D eigenvalue weighted by molar-refractivity contribution is 5.69. The summed E-state index contributed by atoms with van der Waals surface area (Å²) in [5, 5.41) is 0. The fourth-order valence-corrected chi connectivity index (χ4v) is 4.31. The lowest BCUT2D eigenvalue weighted by Crippen LogP contribution is -2.40. The van der Waals surface area contributed by atoms with E-state index in [2.05, 4.69) is 9.97 Å². The van der Waals surface area contributed by atoms with Crippen molar-refractivity contribution in [3.63, 3.8) is 0 Å². The van der Waals surface area contributed by atoms with E-state index in [1.54, 1.807) is 25.9 Å². The van der Waals surface area contributed by atoms with Crippen molar-refractivity contribution in [2.45, 2.75) is 64.6 Å². The summed E-state index contributed by atoms with van der Waals surface area (Å²) in [4.78, 5) is 34.3. The molecule has 4 rings (SSSR count). The molecular formula is C20H28N6O2. The molecule has 0 aromatic carbocycles. The van der Waals surface area contributed by atoms with Gasteiger partial charge in [-0.2, -0.15) is 0 Å². The Bertz CT molecular complexity index is 1040. The van der Waals surface area contributed by atoms with Gasteiger partial charge in [-0.15, -0.1) is 0 Å². The lowest BCUT2D eigenvalue weighted by Gasteiger charge is -2.15. The second kappa shape index (κ2) is 8.16. The van der Waals surface area contributed by atoms with Gasteiger partial charge in [0, 0.05) is 39.1 Å². The molecule has 28 heavy (non-hydrogen) atoms. The fourth-order valence-electron chi connectivity index (χ4n) is 4.31. The minimum atomic E-state index is -0.303. The van der Waals surface area contributed by atoms with Gasteiger partial charge in [0.25, 0.3) is 5.56 Å². The van der Waals surface area contributed by atoms with Gasteiger partial charge in [-0.05, 0) is 25.2 Å². The van der Waals surface area contributed by atoms with E-state index in [0.29, 0.717) is 30.0 Å². The Labute approximate surface area is 163 Å². The van der Waals surface area contributed by atoms with Crippen LogP contribution in [0.25, 0.3) is 11.2 Å². The Morgan fingerprint density at radius 1 is 1.07 bits per heavy atom. The molecule has 8 heteroatoms. The molecular weight excluding hydrogens is 356 g/mol. The highest BCUT2D eigenvalue weighted by Crippen LogP contribution is 2.25. The number of hydrogen-bond donors (Lipinski definition) is 0. The van der Waals surface area contributed by atoms with Crippen molar-refractivity contribution in [3.05, 3.63) is 45.9 Å². The first-order chi connectivity index (χ1) is 13.6. The molecule has 0 amide bonds. The standard InChI is InChI=1S/C20H28N6O2/c1-23-18-17(25(15-22-18)13-16-7-4-2-3-5-8-16)19(27)26(20(23)28)11-6-10-24-12-9-21-14-24/h9,12,14-16H,2-8,10-11,13H2,1H3. The molecule has 0 N–H and O–H groups in total. The first-order valence-corrected chi connectivity index (χ1v) is 10.3. The average molecular weight is 384 g/mol. The SMILES string of the molecule is Cn1c(=O)n(CCCn2ccnc2)c(=O)c2c1ncn2CC1CCCCCC1. The van der Waals surface area contributed by atoms with E-state index in [9.17, 15) is 9.59 Å². The molecule has 1 aliphatic rings. The second-order valence-electron chi connectivity index (χ2n) is 7.88. The van der Waals surface area contributed by atoms with Crippen LogP contribution in [0.15, 0.2) is 34.6 Å². The number of rotatable bonds is 6. The third-order valence-electron chi connectivity index (χ3n) is 5.89. The van der Waals surface area contributed by atoms with Crippen LogP contribution in [0, 0.1) is 5.92 Å². The van der Waals surface area contributed by atoms with Crippen molar-refractivity contribution in [1.82, 2.24) is 28.2 Å². The van der Waals surface area contributed by atoms with Crippen molar-refractivity contribution in [2.24, 2.45) is 13.0 Å². The average Bonchev–Trinajstić information content (AvgIpc) is 3.28. The summed E-state index contributed by atoms with van der Waals surface area (Å²) >= 11 is 0. The zero-order valence-electron chi connectivity index (χ0n) is 16.5. The lowest BCUT2D eigenvalue weighted by molar-refractivity contribution is 0.399. The number of nitrogens with zero attached hydrogens (tertiary/aromatic N) is 6. The summed E-state index contributed by atoms with van der Waals surface area (Å²) in [5.74, 6) is 0.575. The minimum absolute atomic E-state index is 0.227. The maximum absolute atomic E-state index is 13.2. The largest absolute Gasteiger partial charge is 0.337 e. The van der Waals surface area contributed by atoms with Crippen LogP contribution in [0.2, 0.25) is 0 Å². The lowest BCUT2D eigenvalue weighted by atomic mass is 10.0. The third-order valence-corrected chi connectivity index (χ3v) is 5.89. The molecule has 8 nitrogen and oxygen atoms in total. The fraction of sp³-hybridized carbons (Fsp3) is 0.600. The molecule has 1 fully saturated rings. The number of aryl methyl sites for hydroxylation is 2. The van der Waals surface area contributed by atoms with Crippen LogP contribution in [0.4, 0.5) is 0 Å². The summed E-state index contributed by atoms with van der Waals surface area (Å²) in [6.07, 6.45) is 15.3. The summed E-state index contributed by atoms with van der Waals surface area (Å²) in [5.41, 5.74) is 0.501. The molecule has 1 saturated carbocycles. The maximum Gasteiger partial charge on any atom is 0.332 e. The zero-order valence-corrected chi connectivity index (χ0v) is 16.5. The Kier molecular flexibility index (Phi) is 5.45. The smallest absolute Gasteiger partial charge is 0.332 e. The van der Waals surface area contributed by atoms with E-state index in [0.717, 1.165) is 13.1 Å². The maximum atomic E-state index is 13.2. The molecule has 0 bridgehead atoms. The van der Waals surface area contributed by atoms with Crippen LogP contribution in [0.3, 0.4) is 0 Å². The predicted octanol–water partition coefficient (Wildman–Crippen LogP) is 2.15. The predicted molar refractivity (Wildman–Crippen MR) is 107 cm³/mol.